The monoisotopic (exact) mass is 225 g/mol. The maximum atomic E-state index is 10.9. The summed E-state index contributed by atoms with van der Waals surface area (Å²) in [5, 5.41) is 4.84. The average Bonchev–Trinajstić information content (AvgIpc) is 2.55. The van der Waals surface area contributed by atoms with Gasteiger partial charge in [-0.25, -0.2) is 4.99 Å². The minimum Gasteiger partial charge on any atom is -0.288 e. The summed E-state index contributed by atoms with van der Waals surface area (Å²) >= 11 is 0. The Morgan fingerprint density at radius 1 is 1.06 bits per heavy atom. The summed E-state index contributed by atoms with van der Waals surface area (Å²) < 4.78 is 0. The normalized spacial score (nSPS) is 17.0. The van der Waals surface area contributed by atoms with Crippen LogP contribution >= 0.6 is 0 Å². The summed E-state index contributed by atoms with van der Waals surface area (Å²) in [6.45, 7) is 4.24. The van der Waals surface area contributed by atoms with E-state index in [0.717, 1.165) is 32.1 Å². The third-order valence-electron chi connectivity index (χ3n) is 2.49. The number of nitrogens with zero attached hydrogens (tertiary/aromatic N) is 1. The molecule has 1 fully saturated rings. The van der Waals surface area contributed by atoms with Gasteiger partial charge in [0.1, 0.15) is 0 Å². The van der Waals surface area contributed by atoms with Gasteiger partial charge in [-0.1, -0.05) is 33.1 Å². The number of nitrogens with one attached hydrogen (secondary N) is 2. The number of hydrogen-bond donors (Lipinski definition) is 2. The van der Waals surface area contributed by atoms with Crippen LogP contribution in [0.3, 0.4) is 0 Å². The van der Waals surface area contributed by atoms with Crippen LogP contribution in [0.5, 0.6) is 0 Å². The van der Waals surface area contributed by atoms with Crippen LogP contribution in [0, 0.1) is 0 Å². The highest BCUT2D eigenvalue weighted by molar-refractivity contribution is 6.45. The van der Waals surface area contributed by atoms with Gasteiger partial charge in [-0.2, -0.15) is 0 Å². The Hall–Kier alpha value is -1.39. The standard InChI is InChI=1S/C11H19N3O2/c1-3-5-7-8(6-4-2)12-11-13-9(15)10(16)14-11/h8H,3-7H2,1-2H3,(H2,12,13,14,15,16). The summed E-state index contributed by atoms with van der Waals surface area (Å²) in [6.07, 6.45) is 5.27. The van der Waals surface area contributed by atoms with E-state index in [-0.39, 0.29) is 6.04 Å². The molecule has 1 aliphatic rings. The highest BCUT2D eigenvalue weighted by Crippen LogP contribution is 2.11. The molecule has 5 heteroatoms. The quantitative estimate of drug-likeness (QED) is 0.661. The molecular formula is C11H19N3O2. The van der Waals surface area contributed by atoms with Gasteiger partial charge in [0.2, 0.25) is 5.96 Å². The molecule has 0 bridgehead atoms. The summed E-state index contributed by atoms with van der Waals surface area (Å²) in [5.74, 6) is -0.932. The average molecular weight is 225 g/mol. The summed E-state index contributed by atoms with van der Waals surface area (Å²) in [6, 6.07) is 0.193. The van der Waals surface area contributed by atoms with Gasteiger partial charge in [0.25, 0.3) is 0 Å². The van der Waals surface area contributed by atoms with Gasteiger partial charge < -0.3 is 0 Å². The van der Waals surface area contributed by atoms with Gasteiger partial charge in [-0.3, -0.25) is 20.2 Å². The van der Waals surface area contributed by atoms with Crippen molar-refractivity contribution in [2.45, 2.75) is 52.0 Å². The van der Waals surface area contributed by atoms with E-state index in [2.05, 4.69) is 29.5 Å². The maximum absolute atomic E-state index is 10.9. The van der Waals surface area contributed by atoms with Gasteiger partial charge >= 0.3 is 11.8 Å². The first-order valence-corrected chi connectivity index (χ1v) is 5.87. The highest BCUT2D eigenvalue weighted by atomic mass is 16.2. The van der Waals surface area contributed by atoms with Crippen molar-refractivity contribution in [1.29, 1.82) is 0 Å². The first kappa shape index (κ1) is 12.7. The lowest BCUT2D eigenvalue weighted by Gasteiger charge is -2.11. The molecule has 5 nitrogen and oxygen atoms in total. The van der Waals surface area contributed by atoms with Crippen molar-refractivity contribution >= 4 is 17.8 Å². The van der Waals surface area contributed by atoms with Crippen molar-refractivity contribution in [3.05, 3.63) is 0 Å². The fourth-order valence-electron chi connectivity index (χ4n) is 1.65. The second-order valence-electron chi connectivity index (χ2n) is 3.97. The number of rotatable bonds is 6. The summed E-state index contributed by atoms with van der Waals surface area (Å²) in [7, 11) is 0. The van der Waals surface area contributed by atoms with Crippen LogP contribution in [0.1, 0.15) is 46.0 Å². The number of hydrogen-bond acceptors (Lipinski definition) is 3. The number of aliphatic imine (C=N–C) groups is 1. The first-order valence-electron chi connectivity index (χ1n) is 5.87. The second kappa shape index (κ2) is 6.25. The lowest BCUT2D eigenvalue weighted by Crippen LogP contribution is -2.27. The molecule has 0 aromatic rings. The van der Waals surface area contributed by atoms with E-state index in [0.29, 0.717) is 5.96 Å². The van der Waals surface area contributed by atoms with E-state index in [1.807, 2.05) is 0 Å². The van der Waals surface area contributed by atoms with Crippen LogP contribution in [0.2, 0.25) is 0 Å². The van der Waals surface area contributed by atoms with E-state index in [1.165, 1.54) is 0 Å². The molecule has 1 atom stereocenters. The van der Waals surface area contributed by atoms with Gasteiger partial charge in [-0.05, 0) is 12.8 Å². The predicted molar refractivity (Wildman–Crippen MR) is 61.9 cm³/mol. The molecule has 1 unspecified atom stereocenters. The molecule has 16 heavy (non-hydrogen) atoms. The summed E-state index contributed by atoms with van der Waals surface area (Å²) in [4.78, 5) is 26.2. The van der Waals surface area contributed by atoms with Crippen molar-refractivity contribution < 1.29 is 9.59 Å². The molecule has 1 rings (SSSR count). The SMILES string of the molecule is CCCCC(CCC)N=C1NC(=O)C(=O)N1. The molecule has 1 saturated heterocycles. The van der Waals surface area contributed by atoms with E-state index in [4.69, 9.17) is 0 Å². The largest absolute Gasteiger partial charge is 0.316 e. The van der Waals surface area contributed by atoms with Crippen LogP contribution in [-0.2, 0) is 9.59 Å². The lowest BCUT2D eigenvalue weighted by atomic mass is 10.1. The molecule has 0 spiro atoms. The maximum Gasteiger partial charge on any atom is 0.316 e. The van der Waals surface area contributed by atoms with E-state index in [1.54, 1.807) is 0 Å². The number of unbranched alkanes of at least 4 members (excludes halogenated alkanes) is 1. The molecule has 0 aliphatic carbocycles. The number of carbonyl (C=O) groups excluding carboxylic acids is 2. The second-order valence-corrected chi connectivity index (χ2v) is 3.97. The minimum atomic E-state index is -0.621. The van der Waals surface area contributed by atoms with E-state index in [9.17, 15) is 9.59 Å². The molecule has 0 aromatic carbocycles. The van der Waals surface area contributed by atoms with Crippen LogP contribution in [0.4, 0.5) is 0 Å². The molecule has 1 heterocycles. The van der Waals surface area contributed by atoms with Crippen LogP contribution in [-0.4, -0.2) is 23.8 Å². The van der Waals surface area contributed by atoms with Crippen molar-refractivity contribution in [1.82, 2.24) is 10.6 Å². The van der Waals surface area contributed by atoms with Crippen LogP contribution in [0.25, 0.3) is 0 Å². The Kier molecular flexibility index (Phi) is 4.95. The smallest absolute Gasteiger partial charge is 0.288 e. The van der Waals surface area contributed by atoms with Gasteiger partial charge in [-0.15, -0.1) is 0 Å². The van der Waals surface area contributed by atoms with Crippen molar-refractivity contribution in [2.75, 3.05) is 0 Å². The first-order chi connectivity index (χ1) is 7.67. The fraction of sp³-hybridized carbons (Fsp3) is 0.727. The molecule has 0 saturated carbocycles. The Bertz CT molecular complexity index is 282. The molecule has 0 aromatic heterocycles. The van der Waals surface area contributed by atoms with Crippen molar-refractivity contribution in [3.8, 4) is 0 Å². The Morgan fingerprint density at radius 2 is 1.69 bits per heavy atom. The minimum absolute atomic E-state index is 0.193. The summed E-state index contributed by atoms with van der Waals surface area (Å²) in [5.41, 5.74) is 0. The third kappa shape index (κ3) is 3.64. The molecule has 2 amide bonds. The van der Waals surface area contributed by atoms with Gasteiger partial charge in [0.05, 0.1) is 6.04 Å². The Balaban J connectivity index is 2.55. The third-order valence-corrected chi connectivity index (χ3v) is 2.49. The van der Waals surface area contributed by atoms with Gasteiger partial charge in [0.15, 0.2) is 0 Å². The lowest BCUT2D eigenvalue weighted by molar-refractivity contribution is -0.135. The topological polar surface area (TPSA) is 70.6 Å². The molecule has 0 radical (unpaired) electrons. The van der Waals surface area contributed by atoms with Crippen LogP contribution < -0.4 is 10.6 Å². The van der Waals surface area contributed by atoms with E-state index >= 15 is 0 Å². The fourth-order valence-corrected chi connectivity index (χ4v) is 1.65. The molecule has 2 N–H and O–H groups in total. The Morgan fingerprint density at radius 3 is 2.19 bits per heavy atom. The molecule has 1 aliphatic heterocycles. The number of guanidine groups is 1. The Labute approximate surface area is 95.7 Å². The van der Waals surface area contributed by atoms with E-state index < -0.39 is 11.8 Å². The highest BCUT2D eigenvalue weighted by Gasteiger charge is 2.25. The van der Waals surface area contributed by atoms with Gasteiger partial charge in [0, 0.05) is 0 Å². The predicted octanol–water partition coefficient (Wildman–Crippen LogP) is 0.947. The van der Waals surface area contributed by atoms with Crippen molar-refractivity contribution in [3.63, 3.8) is 0 Å². The zero-order valence-corrected chi connectivity index (χ0v) is 9.88. The molecular weight excluding hydrogens is 206 g/mol. The zero-order valence-electron chi connectivity index (χ0n) is 9.88. The van der Waals surface area contributed by atoms with Crippen LogP contribution in [0.15, 0.2) is 4.99 Å². The number of carbonyl (C=O) groups is 2. The van der Waals surface area contributed by atoms with Crippen molar-refractivity contribution in [2.24, 2.45) is 4.99 Å². The number of amides is 2. The zero-order chi connectivity index (χ0) is 12.0. The molecule has 90 valence electrons.